The molecular formula is C19H18BrN5O2. The first-order valence-electron chi connectivity index (χ1n) is 8.38. The number of rotatable bonds is 5. The van der Waals surface area contributed by atoms with E-state index in [1.165, 1.54) is 10.9 Å². The van der Waals surface area contributed by atoms with E-state index in [0.29, 0.717) is 29.3 Å². The summed E-state index contributed by atoms with van der Waals surface area (Å²) in [5, 5.41) is 17.4. The van der Waals surface area contributed by atoms with E-state index in [4.69, 9.17) is 4.74 Å². The Kier molecular flexibility index (Phi) is 5.42. The topological polar surface area (TPSA) is 92.8 Å². The molecule has 0 aliphatic rings. The summed E-state index contributed by atoms with van der Waals surface area (Å²) < 4.78 is 6.88. The van der Waals surface area contributed by atoms with Gasteiger partial charge in [0.05, 0.1) is 18.1 Å². The number of nitrogens with one attached hydrogen (secondary N) is 1. The van der Waals surface area contributed by atoms with Crippen molar-refractivity contribution in [3.8, 4) is 17.6 Å². The molecule has 7 nitrogen and oxygen atoms in total. The van der Waals surface area contributed by atoms with Crippen molar-refractivity contribution in [2.24, 2.45) is 0 Å². The molecule has 3 rings (SSSR count). The van der Waals surface area contributed by atoms with E-state index in [1.807, 2.05) is 38.1 Å². The number of fused-ring (bicyclic) bond motifs is 1. The van der Waals surface area contributed by atoms with Gasteiger partial charge in [0, 0.05) is 5.39 Å². The maximum atomic E-state index is 12.3. The molecule has 0 spiro atoms. The molecule has 0 aliphatic heterocycles. The molecule has 27 heavy (non-hydrogen) atoms. The zero-order chi connectivity index (χ0) is 19.6. The Bertz CT molecular complexity index is 1050. The highest BCUT2D eigenvalue weighted by Gasteiger charge is 2.20. The zero-order valence-corrected chi connectivity index (χ0v) is 16.7. The summed E-state index contributed by atoms with van der Waals surface area (Å²) in [5.74, 6) is 1.18. The van der Waals surface area contributed by atoms with Gasteiger partial charge >= 0.3 is 0 Å². The van der Waals surface area contributed by atoms with Gasteiger partial charge in [-0.25, -0.2) is 4.98 Å². The van der Waals surface area contributed by atoms with Crippen LogP contribution in [0.4, 0.5) is 5.82 Å². The molecule has 1 amide bonds. The number of hydrogen-bond acceptors (Lipinski definition) is 5. The summed E-state index contributed by atoms with van der Waals surface area (Å²) in [6, 6.07) is 9.62. The third-order valence-electron chi connectivity index (χ3n) is 4.21. The van der Waals surface area contributed by atoms with Crippen molar-refractivity contribution in [3.63, 3.8) is 0 Å². The molecule has 1 unspecified atom stereocenters. The first-order valence-corrected chi connectivity index (χ1v) is 9.29. The molecule has 2 heterocycles. The fourth-order valence-electron chi connectivity index (χ4n) is 2.75. The van der Waals surface area contributed by atoms with Gasteiger partial charge in [0.25, 0.3) is 0 Å². The van der Waals surface area contributed by atoms with Gasteiger partial charge in [0.2, 0.25) is 5.91 Å². The molecular weight excluding hydrogens is 410 g/mol. The molecule has 0 saturated carbocycles. The average Bonchev–Trinajstić information content (AvgIpc) is 3.09. The Morgan fingerprint density at radius 1 is 1.48 bits per heavy atom. The molecule has 0 saturated heterocycles. The number of aromatic nitrogens is 3. The Balaban J connectivity index is 2.16. The van der Waals surface area contributed by atoms with Crippen LogP contribution in [0.25, 0.3) is 16.7 Å². The van der Waals surface area contributed by atoms with Crippen molar-refractivity contribution in [3.05, 3.63) is 41.6 Å². The molecule has 1 atom stereocenters. The van der Waals surface area contributed by atoms with Crippen molar-refractivity contribution >= 4 is 38.6 Å². The fraction of sp³-hybridized carbons (Fsp3) is 0.263. The average molecular weight is 428 g/mol. The number of para-hydroxylation sites is 1. The maximum absolute atomic E-state index is 12.3. The van der Waals surface area contributed by atoms with Crippen LogP contribution in [0, 0.1) is 18.3 Å². The van der Waals surface area contributed by atoms with E-state index in [0.717, 1.165) is 10.9 Å². The second kappa shape index (κ2) is 7.76. The van der Waals surface area contributed by atoms with Crippen LogP contribution in [0.2, 0.25) is 0 Å². The molecule has 0 aliphatic carbocycles. The number of nitrogens with zero attached hydrogens (tertiary/aromatic N) is 4. The van der Waals surface area contributed by atoms with E-state index in [1.54, 1.807) is 7.11 Å². The van der Waals surface area contributed by atoms with Gasteiger partial charge in [-0.15, -0.1) is 0 Å². The highest BCUT2D eigenvalue weighted by atomic mass is 79.9. The molecule has 138 valence electrons. The Morgan fingerprint density at radius 2 is 2.26 bits per heavy atom. The van der Waals surface area contributed by atoms with Crippen LogP contribution >= 0.6 is 15.9 Å². The Hall–Kier alpha value is -2.92. The number of pyridine rings is 1. The Morgan fingerprint density at radius 3 is 2.93 bits per heavy atom. The van der Waals surface area contributed by atoms with Crippen molar-refractivity contribution in [1.82, 2.24) is 14.8 Å². The summed E-state index contributed by atoms with van der Waals surface area (Å²) in [6.07, 6.45) is 2.03. The molecule has 0 bridgehead atoms. The molecule has 0 radical (unpaired) electrons. The lowest BCUT2D eigenvalue weighted by atomic mass is 10.1. The quantitative estimate of drug-likeness (QED) is 0.626. The number of ether oxygens (including phenoxy) is 1. The van der Waals surface area contributed by atoms with E-state index < -0.39 is 0 Å². The number of aryl methyl sites for hydroxylation is 1. The number of halogens is 1. The first kappa shape index (κ1) is 18.9. The molecule has 8 heteroatoms. The SMILES string of the molecule is CCC(Br)C(=O)Nc1c(C#N)cnn1-c1cc(C)c2cccc(OC)c2n1. The molecule has 1 N–H and O–H groups in total. The molecule has 0 fully saturated rings. The number of benzene rings is 1. The van der Waals surface area contributed by atoms with Crippen LogP contribution in [0.15, 0.2) is 30.5 Å². The van der Waals surface area contributed by atoms with Gasteiger partial charge in [-0.1, -0.05) is 35.0 Å². The van der Waals surface area contributed by atoms with E-state index >= 15 is 0 Å². The number of amides is 1. The Labute approximate surface area is 165 Å². The third kappa shape index (κ3) is 3.51. The molecule has 3 aromatic rings. The van der Waals surface area contributed by atoms with Gasteiger partial charge in [-0.2, -0.15) is 15.0 Å². The van der Waals surface area contributed by atoms with Crippen LogP contribution < -0.4 is 10.1 Å². The number of nitriles is 1. The summed E-state index contributed by atoms with van der Waals surface area (Å²) >= 11 is 3.32. The minimum absolute atomic E-state index is 0.245. The number of alkyl halides is 1. The van der Waals surface area contributed by atoms with E-state index in [9.17, 15) is 10.1 Å². The lowest BCUT2D eigenvalue weighted by molar-refractivity contribution is -0.115. The highest BCUT2D eigenvalue weighted by molar-refractivity contribution is 9.10. The highest BCUT2D eigenvalue weighted by Crippen LogP contribution is 2.29. The van der Waals surface area contributed by atoms with Crippen LogP contribution in [0.5, 0.6) is 5.75 Å². The number of carbonyl (C=O) groups is 1. The van der Waals surface area contributed by atoms with Gasteiger partial charge in [-0.3, -0.25) is 4.79 Å². The number of carbonyl (C=O) groups excluding carboxylic acids is 1. The predicted octanol–water partition coefficient (Wildman–Crippen LogP) is 3.72. The number of hydrogen-bond donors (Lipinski definition) is 1. The normalized spacial score (nSPS) is 11.8. The first-order chi connectivity index (χ1) is 13.0. The summed E-state index contributed by atoms with van der Waals surface area (Å²) in [6.45, 7) is 3.85. The van der Waals surface area contributed by atoms with Crippen molar-refractivity contribution in [2.45, 2.75) is 25.1 Å². The lowest BCUT2D eigenvalue weighted by Crippen LogP contribution is -2.24. The monoisotopic (exact) mass is 427 g/mol. The second-order valence-corrected chi connectivity index (χ2v) is 7.05. The predicted molar refractivity (Wildman–Crippen MR) is 107 cm³/mol. The smallest absolute Gasteiger partial charge is 0.239 e. The van der Waals surface area contributed by atoms with Gasteiger partial charge in [0.15, 0.2) is 11.6 Å². The van der Waals surface area contributed by atoms with Gasteiger partial charge in [-0.05, 0) is 31.0 Å². The number of methoxy groups -OCH3 is 1. The lowest BCUT2D eigenvalue weighted by Gasteiger charge is -2.13. The summed E-state index contributed by atoms with van der Waals surface area (Å²) in [7, 11) is 1.59. The largest absolute Gasteiger partial charge is 0.494 e. The summed E-state index contributed by atoms with van der Waals surface area (Å²) in [4.78, 5) is 16.6. The molecule has 2 aromatic heterocycles. The standard InChI is InChI=1S/C19H18BrN5O2/c1-4-14(20)19(26)24-18-12(9-21)10-22-25(18)16-8-11(2)13-6-5-7-15(27-3)17(13)23-16/h5-8,10,14H,4H2,1-3H3,(H,24,26). The van der Waals surface area contributed by atoms with Crippen molar-refractivity contribution < 1.29 is 9.53 Å². The van der Waals surface area contributed by atoms with Gasteiger partial charge in [0.1, 0.15) is 22.9 Å². The van der Waals surface area contributed by atoms with Gasteiger partial charge < -0.3 is 10.1 Å². The fourth-order valence-corrected chi connectivity index (χ4v) is 2.87. The third-order valence-corrected chi connectivity index (χ3v) is 5.27. The second-order valence-electron chi connectivity index (χ2n) is 5.95. The van der Waals surface area contributed by atoms with Crippen molar-refractivity contribution in [1.29, 1.82) is 5.26 Å². The zero-order valence-electron chi connectivity index (χ0n) is 15.2. The van der Waals surface area contributed by atoms with E-state index in [-0.39, 0.29) is 16.3 Å². The van der Waals surface area contributed by atoms with Crippen LogP contribution in [-0.4, -0.2) is 32.6 Å². The van der Waals surface area contributed by atoms with Crippen LogP contribution in [0.3, 0.4) is 0 Å². The minimum atomic E-state index is -0.362. The minimum Gasteiger partial charge on any atom is -0.494 e. The van der Waals surface area contributed by atoms with Crippen molar-refractivity contribution in [2.75, 3.05) is 12.4 Å². The van der Waals surface area contributed by atoms with E-state index in [2.05, 4.69) is 37.4 Å². The van der Waals surface area contributed by atoms with Crippen LogP contribution in [0.1, 0.15) is 24.5 Å². The maximum Gasteiger partial charge on any atom is 0.239 e. The molecule has 1 aromatic carbocycles. The van der Waals surface area contributed by atoms with Crippen LogP contribution in [-0.2, 0) is 4.79 Å². The number of anilines is 1. The summed E-state index contributed by atoms with van der Waals surface area (Å²) in [5.41, 5.74) is 1.93.